The molecule has 0 saturated carbocycles. The summed E-state index contributed by atoms with van der Waals surface area (Å²) in [4.78, 5) is 36.3. The van der Waals surface area contributed by atoms with Gasteiger partial charge in [-0.2, -0.15) is 0 Å². The molecule has 1 fully saturated rings. The number of nitrogens with zero attached hydrogens (tertiary/aromatic N) is 3. The van der Waals surface area contributed by atoms with Crippen LogP contribution in [0.3, 0.4) is 0 Å². The van der Waals surface area contributed by atoms with Crippen molar-refractivity contribution >= 4 is 17.4 Å². The first-order valence-corrected chi connectivity index (χ1v) is 11.2. The number of hydrogen-bond donors (Lipinski definition) is 1. The molecule has 1 unspecified atom stereocenters. The lowest BCUT2D eigenvalue weighted by atomic mass is 9.97. The Hall–Kier alpha value is -4.00. The highest BCUT2D eigenvalue weighted by molar-refractivity contribution is 6.46. The number of hydrogen-bond acceptors (Lipinski definition) is 6. The highest BCUT2D eigenvalue weighted by Crippen LogP contribution is 2.39. The van der Waals surface area contributed by atoms with E-state index in [9.17, 15) is 14.7 Å². The number of likely N-dealkylation sites (tertiary alicyclic amines) is 1. The molecule has 3 aromatic rings. The number of aliphatic hydroxyl groups is 1. The van der Waals surface area contributed by atoms with Gasteiger partial charge in [-0.25, -0.2) is 0 Å². The largest absolute Gasteiger partial charge is 0.507 e. The Morgan fingerprint density at radius 3 is 2.41 bits per heavy atom. The van der Waals surface area contributed by atoms with Crippen molar-refractivity contribution in [3.05, 3.63) is 95.1 Å². The summed E-state index contributed by atoms with van der Waals surface area (Å²) >= 11 is 0. The predicted molar refractivity (Wildman–Crippen MR) is 128 cm³/mol. The normalized spacial score (nSPS) is 17.4. The summed E-state index contributed by atoms with van der Waals surface area (Å²) in [6.07, 6.45) is 3.23. The van der Waals surface area contributed by atoms with Crippen LogP contribution < -0.4 is 4.74 Å². The van der Waals surface area contributed by atoms with Crippen LogP contribution in [-0.4, -0.2) is 38.3 Å². The summed E-state index contributed by atoms with van der Waals surface area (Å²) < 4.78 is 5.83. The van der Waals surface area contributed by atoms with Crippen molar-refractivity contribution in [3.63, 3.8) is 0 Å². The predicted octanol–water partition coefficient (Wildman–Crippen LogP) is 4.44. The average Bonchev–Trinajstić information content (AvgIpc) is 3.09. The van der Waals surface area contributed by atoms with Crippen LogP contribution in [-0.2, 0) is 16.1 Å². The van der Waals surface area contributed by atoms with Crippen LogP contribution >= 0.6 is 0 Å². The molecule has 7 heteroatoms. The van der Waals surface area contributed by atoms with Crippen LogP contribution in [0.15, 0.2) is 72.6 Å². The van der Waals surface area contributed by atoms with E-state index in [0.717, 1.165) is 5.56 Å². The van der Waals surface area contributed by atoms with E-state index < -0.39 is 17.7 Å². The Bertz CT molecular complexity index is 1220. The molecule has 1 saturated heterocycles. The third kappa shape index (κ3) is 4.69. The summed E-state index contributed by atoms with van der Waals surface area (Å²) in [6.45, 7) is 6.70. The molecular formula is C27H27N3O4. The van der Waals surface area contributed by atoms with Crippen LogP contribution in [0.1, 0.15) is 42.4 Å². The number of aryl methyl sites for hydroxylation is 1. The van der Waals surface area contributed by atoms with Gasteiger partial charge in [0.05, 0.1) is 30.1 Å². The first-order chi connectivity index (χ1) is 16.4. The van der Waals surface area contributed by atoms with Gasteiger partial charge in [-0.3, -0.25) is 19.6 Å². The maximum atomic E-state index is 13.2. The van der Waals surface area contributed by atoms with E-state index in [2.05, 4.69) is 23.8 Å². The van der Waals surface area contributed by atoms with Crippen molar-refractivity contribution in [1.29, 1.82) is 0 Å². The van der Waals surface area contributed by atoms with Crippen molar-refractivity contribution in [3.8, 4) is 5.75 Å². The molecule has 0 radical (unpaired) electrons. The number of aromatic nitrogens is 2. The molecule has 3 heterocycles. The molecule has 1 aliphatic heterocycles. The second-order valence-corrected chi connectivity index (χ2v) is 8.69. The number of ether oxygens (including phenoxy) is 1. The van der Waals surface area contributed by atoms with Crippen LogP contribution in [0.5, 0.6) is 5.75 Å². The van der Waals surface area contributed by atoms with Crippen molar-refractivity contribution in [1.82, 2.24) is 14.9 Å². The minimum atomic E-state index is -0.833. The molecule has 1 aliphatic rings. The van der Waals surface area contributed by atoms with E-state index in [1.807, 2.05) is 13.0 Å². The van der Waals surface area contributed by atoms with E-state index in [1.165, 1.54) is 4.90 Å². The highest BCUT2D eigenvalue weighted by Gasteiger charge is 2.46. The van der Waals surface area contributed by atoms with E-state index >= 15 is 0 Å². The minimum Gasteiger partial charge on any atom is -0.507 e. The molecule has 2 aromatic heterocycles. The SMILES string of the molecule is Cc1cc(/C(O)=C2/C(=O)C(=O)N(Cc3ccccn3)C2c2ccccn2)ccc1OCC(C)C. The fraction of sp³-hybridized carbons (Fsp3) is 0.259. The van der Waals surface area contributed by atoms with Gasteiger partial charge in [0.1, 0.15) is 17.6 Å². The number of aliphatic hydroxyl groups excluding tert-OH is 1. The average molecular weight is 458 g/mol. The van der Waals surface area contributed by atoms with Crippen LogP contribution in [0, 0.1) is 12.8 Å². The maximum absolute atomic E-state index is 13.2. The van der Waals surface area contributed by atoms with Crippen molar-refractivity contribution in [2.45, 2.75) is 33.4 Å². The molecule has 1 N–H and O–H groups in total. The van der Waals surface area contributed by atoms with Gasteiger partial charge in [-0.1, -0.05) is 26.0 Å². The summed E-state index contributed by atoms with van der Waals surface area (Å²) in [6, 6.07) is 15.1. The highest BCUT2D eigenvalue weighted by atomic mass is 16.5. The smallest absolute Gasteiger partial charge is 0.296 e. The van der Waals surface area contributed by atoms with Gasteiger partial charge in [0.2, 0.25) is 0 Å². The van der Waals surface area contributed by atoms with E-state index in [4.69, 9.17) is 4.74 Å². The number of carbonyl (C=O) groups is 2. The number of pyridine rings is 2. The van der Waals surface area contributed by atoms with Crippen molar-refractivity contribution < 1.29 is 19.4 Å². The van der Waals surface area contributed by atoms with E-state index in [-0.39, 0.29) is 17.9 Å². The van der Waals surface area contributed by atoms with Crippen molar-refractivity contribution in [2.75, 3.05) is 6.61 Å². The molecule has 4 rings (SSSR count). The zero-order valence-corrected chi connectivity index (χ0v) is 19.4. The van der Waals surface area contributed by atoms with Gasteiger partial charge in [0.25, 0.3) is 11.7 Å². The third-order valence-corrected chi connectivity index (χ3v) is 5.59. The zero-order valence-electron chi connectivity index (χ0n) is 19.4. The van der Waals surface area contributed by atoms with Crippen molar-refractivity contribution in [2.24, 2.45) is 5.92 Å². The number of benzene rings is 1. The van der Waals surface area contributed by atoms with E-state index in [0.29, 0.717) is 35.2 Å². The first-order valence-electron chi connectivity index (χ1n) is 11.2. The van der Waals surface area contributed by atoms with Gasteiger partial charge in [0, 0.05) is 18.0 Å². The van der Waals surface area contributed by atoms with Gasteiger partial charge >= 0.3 is 0 Å². The molecule has 1 aromatic carbocycles. The number of ketones is 1. The molecule has 1 amide bonds. The Morgan fingerprint density at radius 1 is 1.06 bits per heavy atom. The van der Waals surface area contributed by atoms with Crippen LogP contribution in [0.2, 0.25) is 0 Å². The van der Waals surface area contributed by atoms with Crippen LogP contribution in [0.4, 0.5) is 0 Å². The molecule has 0 aliphatic carbocycles. The molecule has 7 nitrogen and oxygen atoms in total. The molecule has 0 bridgehead atoms. The molecule has 34 heavy (non-hydrogen) atoms. The number of carbonyl (C=O) groups excluding carboxylic acids is 2. The standard InChI is InChI=1S/C27H27N3O4/c1-17(2)16-34-22-11-10-19(14-18(22)3)25(31)23-24(21-9-5-7-13-29-21)30(27(33)26(23)32)15-20-8-4-6-12-28-20/h4-14,17,24,31H,15-16H2,1-3H3/b25-23-. The molecule has 174 valence electrons. The quantitative estimate of drug-likeness (QED) is 0.320. The summed E-state index contributed by atoms with van der Waals surface area (Å²) in [5, 5.41) is 11.3. The lowest BCUT2D eigenvalue weighted by Gasteiger charge is -2.24. The summed E-state index contributed by atoms with van der Waals surface area (Å²) in [5.74, 6) is -0.600. The maximum Gasteiger partial charge on any atom is 0.296 e. The Balaban J connectivity index is 1.77. The first kappa shape index (κ1) is 23.2. The van der Waals surface area contributed by atoms with E-state index in [1.54, 1.807) is 60.9 Å². The summed E-state index contributed by atoms with van der Waals surface area (Å²) in [5.41, 5.74) is 2.39. The monoisotopic (exact) mass is 457 g/mol. The number of amides is 1. The topological polar surface area (TPSA) is 92.6 Å². The zero-order chi connectivity index (χ0) is 24.2. The molecule has 0 spiro atoms. The third-order valence-electron chi connectivity index (χ3n) is 5.59. The lowest BCUT2D eigenvalue weighted by Crippen LogP contribution is -2.29. The number of rotatable bonds is 7. The van der Waals surface area contributed by atoms with Gasteiger partial charge in [0.15, 0.2) is 0 Å². The second kappa shape index (κ2) is 9.87. The van der Waals surface area contributed by atoms with Gasteiger partial charge in [-0.05, 0) is 60.9 Å². The number of Topliss-reactive ketones (excluding diaryl/α,β-unsaturated/α-hetero) is 1. The van der Waals surface area contributed by atoms with Gasteiger partial charge < -0.3 is 14.7 Å². The Kier molecular flexibility index (Phi) is 6.72. The fourth-order valence-corrected chi connectivity index (χ4v) is 3.93. The second-order valence-electron chi connectivity index (χ2n) is 8.69. The molecule has 1 atom stereocenters. The summed E-state index contributed by atoms with van der Waals surface area (Å²) in [7, 11) is 0. The molecular weight excluding hydrogens is 430 g/mol. The fourth-order valence-electron chi connectivity index (χ4n) is 3.93. The minimum absolute atomic E-state index is 0.00915. The van der Waals surface area contributed by atoms with Crippen LogP contribution in [0.25, 0.3) is 5.76 Å². The Morgan fingerprint density at radius 2 is 1.79 bits per heavy atom. The Labute approximate surface area is 198 Å². The van der Waals surface area contributed by atoms with Gasteiger partial charge in [-0.15, -0.1) is 0 Å². The lowest BCUT2D eigenvalue weighted by molar-refractivity contribution is -0.140.